The van der Waals surface area contributed by atoms with E-state index in [-0.39, 0.29) is 0 Å². The second-order valence-corrected chi connectivity index (χ2v) is 14.1. The van der Waals surface area contributed by atoms with Gasteiger partial charge >= 0.3 is 0 Å². The number of hydrogen-bond donors (Lipinski definition) is 0. The van der Waals surface area contributed by atoms with E-state index in [9.17, 15) is 0 Å². The molecule has 9 aromatic carbocycles. The fraction of sp³-hybridized carbons (Fsp3) is 0. The van der Waals surface area contributed by atoms with Crippen molar-refractivity contribution in [2.75, 3.05) is 4.90 Å². The largest absolute Gasteiger partial charge is 0.310 e. The minimum atomic E-state index is 1.08. The first-order chi connectivity index (χ1) is 27.8. The average molecular weight is 715 g/mol. The van der Waals surface area contributed by atoms with Crippen LogP contribution in [-0.4, -0.2) is 4.57 Å². The van der Waals surface area contributed by atoms with Crippen molar-refractivity contribution in [1.29, 1.82) is 0 Å². The third-order valence-corrected chi connectivity index (χ3v) is 10.8. The lowest BCUT2D eigenvalue weighted by atomic mass is 9.94. The highest BCUT2D eigenvalue weighted by molar-refractivity contribution is 6.11. The summed E-state index contributed by atoms with van der Waals surface area (Å²) in [6.07, 6.45) is 0. The first-order valence-corrected chi connectivity index (χ1v) is 19.2. The number of nitrogens with zero attached hydrogens (tertiary/aromatic N) is 2. The van der Waals surface area contributed by atoms with Gasteiger partial charge in [-0.25, -0.2) is 0 Å². The van der Waals surface area contributed by atoms with E-state index >= 15 is 0 Å². The summed E-state index contributed by atoms with van der Waals surface area (Å²) < 4.78 is 2.45. The molecule has 0 saturated carbocycles. The summed E-state index contributed by atoms with van der Waals surface area (Å²) in [7, 11) is 0. The number of benzene rings is 9. The average Bonchev–Trinajstić information content (AvgIpc) is 3.61. The molecule has 10 rings (SSSR count). The Kier molecular flexibility index (Phi) is 8.55. The van der Waals surface area contributed by atoms with Crippen molar-refractivity contribution >= 4 is 38.9 Å². The van der Waals surface area contributed by atoms with Gasteiger partial charge in [-0.3, -0.25) is 0 Å². The van der Waals surface area contributed by atoms with Crippen molar-refractivity contribution in [1.82, 2.24) is 4.57 Å². The molecule has 0 radical (unpaired) electrons. The van der Waals surface area contributed by atoms with Crippen LogP contribution in [0.3, 0.4) is 0 Å². The Morgan fingerprint density at radius 2 is 0.786 bits per heavy atom. The molecule has 0 spiro atoms. The smallest absolute Gasteiger partial charge is 0.0562 e. The van der Waals surface area contributed by atoms with Gasteiger partial charge in [0.15, 0.2) is 0 Å². The molecule has 0 aliphatic rings. The molecule has 1 aromatic heterocycles. The molecule has 0 saturated heterocycles. The summed E-state index contributed by atoms with van der Waals surface area (Å²) in [5.74, 6) is 0. The lowest BCUT2D eigenvalue weighted by molar-refractivity contribution is 1.18. The van der Waals surface area contributed by atoms with Crippen molar-refractivity contribution in [3.8, 4) is 50.2 Å². The summed E-state index contributed by atoms with van der Waals surface area (Å²) in [5, 5.41) is 2.45. The maximum absolute atomic E-state index is 2.45. The van der Waals surface area contributed by atoms with Crippen LogP contribution in [0, 0.1) is 0 Å². The zero-order valence-corrected chi connectivity index (χ0v) is 30.8. The SMILES string of the molecule is c1ccc(-c2ccc(-c3cc(-c4ccccc4)ccc3N(c3ccccc3)c3ccc4c5ccccc5n(-c5ccccc5-c5ccccc5)c4c3)cc2)cc1. The second kappa shape index (κ2) is 14.4. The van der Waals surface area contributed by atoms with E-state index in [2.05, 4.69) is 240 Å². The van der Waals surface area contributed by atoms with Crippen molar-refractivity contribution in [3.63, 3.8) is 0 Å². The lowest BCUT2D eigenvalue weighted by Crippen LogP contribution is -2.11. The van der Waals surface area contributed by atoms with Crippen LogP contribution in [-0.2, 0) is 0 Å². The highest BCUT2D eigenvalue weighted by Gasteiger charge is 2.21. The van der Waals surface area contributed by atoms with E-state index < -0.39 is 0 Å². The molecule has 0 amide bonds. The maximum atomic E-state index is 2.45. The van der Waals surface area contributed by atoms with Gasteiger partial charge in [-0.1, -0.05) is 182 Å². The second-order valence-electron chi connectivity index (χ2n) is 14.1. The molecular weight excluding hydrogens is 677 g/mol. The third-order valence-electron chi connectivity index (χ3n) is 10.8. The molecule has 0 bridgehead atoms. The van der Waals surface area contributed by atoms with Crippen LogP contribution in [0.2, 0.25) is 0 Å². The van der Waals surface area contributed by atoms with Crippen molar-refractivity contribution in [3.05, 3.63) is 231 Å². The molecular formula is C54H38N2. The minimum Gasteiger partial charge on any atom is -0.310 e. The molecule has 0 unspecified atom stereocenters. The summed E-state index contributed by atoms with van der Waals surface area (Å²) in [6, 6.07) is 83.1. The molecule has 0 aliphatic carbocycles. The fourth-order valence-corrected chi connectivity index (χ4v) is 8.14. The topological polar surface area (TPSA) is 8.17 Å². The van der Waals surface area contributed by atoms with Gasteiger partial charge in [0.05, 0.1) is 22.4 Å². The van der Waals surface area contributed by atoms with Crippen LogP contribution < -0.4 is 4.90 Å². The van der Waals surface area contributed by atoms with Crippen LogP contribution in [0.25, 0.3) is 72.0 Å². The Morgan fingerprint density at radius 3 is 1.50 bits per heavy atom. The van der Waals surface area contributed by atoms with Gasteiger partial charge in [0, 0.05) is 33.3 Å². The highest BCUT2D eigenvalue weighted by atomic mass is 15.1. The van der Waals surface area contributed by atoms with Gasteiger partial charge in [0.25, 0.3) is 0 Å². The number of anilines is 3. The van der Waals surface area contributed by atoms with Gasteiger partial charge in [-0.15, -0.1) is 0 Å². The molecule has 0 N–H and O–H groups in total. The van der Waals surface area contributed by atoms with Crippen LogP contribution in [0.4, 0.5) is 17.1 Å². The predicted molar refractivity (Wildman–Crippen MR) is 237 cm³/mol. The number of para-hydroxylation sites is 3. The normalized spacial score (nSPS) is 11.2. The van der Waals surface area contributed by atoms with Gasteiger partial charge in [-0.05, 0) is 81.9 Å². The van der Waals surface area contributed by atoms with Crippen LogP contribution in [0.1, 0.15) is 0 Å². The Balaban J connectivity index is 1.21. The van der Waals surface area contributed by atoms with E-state index in [1.54, 1.807) is 0 Å². The minimum absolute atomic E-state index is 1.08. The fourth-order valence-electron chi connectivity index (χ4n) is 8.14. The van der Waals surface area contributed by atoms with Gasteiger partial charge < -0.3 is 9.47 Å². The molecule has 0 atom stereocenters. The molecule has 2 nitrogen and oxygen atoms in total. The molecule has 0 fully saturated rings. The molecule has 264 valence electrons. The molecule has 56 heavy (non-hydrogen) atoms. The van der Waals surface area contributed by atoms with E-state index in [0.29, 0.717) is 0 Å². The summed E-state index contributed by atoms with van der Waals surface area (Å²) >= 11 is 0. The summed E-state index contributed by atoms with van der Waals surface area (Å²) in [5.41, 5.74) is 16.2. The van der Waals surface area contributed by atoms with Crippen LogP contribution in [0.15, 0.2) is 231 Å². The number of rotatable bonds is 8. The highest BCUT2D eigenvalue weighted by Crippen LogP contribution is 2.45. The molecule has 2 heteroatoms. The molecule has 1 heterocycles. The monoisotopic (exact) mass is 714 g/mol. The Labute approximate surface area is 327 Å². The Bertz CT molecular complexity index is 2930. The number of hydrogen-bond acceptors (Lipinski definition) is 1. The molecule has 0 aliphatic heterocycles. The third kappa shape index (κ3) is 6.04. The van der Waals surface area contributed by atoms with E-state index in [1.807, 2.05) is 0 Å². The van der Waals surface area contributed by atoms with Crippen molar-refractivity contribution in [2.45, 2.75) is 0 Å². The Hall–Kier alpha value is -7.42. The van der Waals surface area contributed by atoms with Crippen molar-refractivity contribution < 1.29 is 0 Å². The number of aromatic nitrogens is 1. The van der Waals surface area contributed by atoms with Gasteiger partial charge in [0.2, 0.25) is 0 Å². The predicted octanol–water partition coefficient (Wildman–Crippen LogP) is 14.9. The van der Waals surface area contributed by atoms with E-state index in [4.69, 9.17) is 0 Å². The molecule has 10 aromatic rings. The summed E-state index contributed by atoms with van der Waals surface area (Å²) in [6.45, 7) is 0. The van der Waals surface area contributed by atoms with Crippen molar-refractivity contribution in [2.24, 2.45) is 0 Å². The van der Waals surface area contributed by atoms with Crippen LogP contribution >= 0.6 is 0 Å². The standard InChI is InChI=1S/C54H38N2/c1-5-17-39(18-6-1)41-29-31-43(32-30-41)50-37-44(40-19-7-2-8-20-40)33-36-53(50)55(45-23-11-4-12-24-45)46-34-35-49-48-26-14-16-28-52(48)56(54(49)38-46)51-27-15-13-25-47(51)42-21-9-3-10-22-42/h1-38H. The Morgan fingerprint density at radius 1 is 0.286 bits per heavy atom. The van der Waals surface area contributed by atoms with Crippen LogP contribution in [0.5, 0.6) is 0 Å². The first kappa shape index (κ1) is 33.2. The van der Waals surface area contributed by atoms with E-state index in [1.165, 1.54) is 49.7 Å². The quantitative estimate of drug-likeness (QED) is 0.152. The maximum Gasteiger partial charge on any atom is 0.0562 e. The van der Waals surface area contributed by atoms with Gasteiger partial charge in [0.1, 0.15) is 0 Å². The van der Waals surface area contributed by atoms with Gasteiger partial charge in [-0.2, -0.15) is 0 Å². The summed E-state index contributed by atoms with van der Waals surface area (Å²) in [4.78, 5) is 2.42. The van der Waals surface area contributed by atoms with E-state index in [0.717, 1.165) is 39.4 Å². The zero-order valence-electron chi connectivity index (χ0n) is 30.8. The number of fused-ring (bicyclic) bond motifs is 3. The first-order valence-electron chi connectivity index (χ1n) is 19.2. The zero-order chi connectivity index (χ0) is 37.3. The lowest BCUT2D eigenvalue weighted by Gasteiger charge is -2.28.